The van der Waals surface area contributed by atoms with Gasteiger partial charge in [-0.05, 0) is 17.9 Å². The Morgan fingerprint density at radius 2 is 1.75 bits per heavy atom. The van der Waals surface area contributed by atoms with Crippen LogP contribution in [0, 0.1) is 5.92 Å². The topological polar surface area (TPSA) is 116 Å². The van der Waals surface area contributed by atoms with Crippen molar-refractivity contribution in [1.29, 1.82) is 0 Å². The van der Waals surface area contributed by atoms with E-state index in [0.29, 0.717) is 6.42 Å². The van der Waals surface area contributed by atoms with Crippen LogP contribution in [0.3, 0.4) is 0 Å². The summed E-state index contributed by atoms with van der Waals surface area (Å²) in [4.78, 5) is 11.1. The van der Waals surface area contributed by atoms with Crippen molar-refractivity contribution in [3.8, 4) is 0 Å². The summed E-state index contributed by atoms with van der Waals surface area (Å²) in [5, 5.41) is 38.7. The molecule has 6 unspecified atom stereocenters. The molecular formula is C17H24O7. The molecule has 7 heteroatoms. The van der Waals surface area contributed by atoms with Gasteiger partial charge < -0.3 is 29.9 Å². The molecule has 1 aliphatic heterocycles. The van der Waals surface area contributed by atoms with Gasteiger partial charge in [-0.25, -0.2) is 4.79 Å². The predicted octanol–water partition coefficient (Wildman–Crippen LogP) is 0.162. The van der Waals surface area contributed by atoms with E-state index in [9.17, 15) is 20.1 Å². The molecule has 134 valence electrons. The molecule has 0 bridgehead atoms. The highest BCUT2D eigenvalue weighted by Gasteiger charge is 2.48. The number of carboxylic acid groups (broad SMARTS) is 1. The zero-order chi connectivity index (χ0) is 17.9. The number of aliphatic hydroxyl groups excluding tert-OH is 3. The molecule has 24 heavy (non-hydrogen) atoms. The number of carbonyl (C=O) groups is 1. The fourth-order valence-corrected chi connectivity index (χ4v) is 2.62. The molecule has 0 aliphatic carbocycles. The van der Waals surface area contributed by atoms with Gasteiger partial charge in [0.25, 0.3) is 0 Å². The van der Waals surface area contributed by atoms with Crippen LogP contribution in [-0.4, -0.2) is 63.2 Å². The Labute approximate surface area is 140 Å². The summed E-state index contributed by atoms with van der Waals surface area (Å²) in [6, 6.07) is 9.58. The lowest BCUT2D eigenvalue weighted by molar-refractivity contribution is -0.307. The molecule has 0 radical (unpaired) electrons. The number of carboxylic acids is 1. The van der Waals surface area contributed by atoms with Crippen LogP contribution in [0.5, 0.6) is 0 Å². The summed E-state index contributed by atoms with van der Waals surface area (Å²) in [7, 11) is 0. The fraction of sp³-hybridized carbons (Fsp3) is 0.588. The minimum Gasteiger partial charge on any atom is -0.479 e. The number of ether oxygens (including phenoxy) is 2. The van der Waals surface area contributed by atoms with Crippen molar-refractivity contribution in [2.45, 2.75) is 57.1 Å². The molecule has 6 atom stereocenters. The van der Waals surface area contributed by atoms with E-state index in [1.54, 1.807) is 0 Å². The summed E-state index contributed by atoms with van der Waals surface area (Å²) in [6.45, 7) is 3.87. The van der Waals surface area contributed by atoms with Gasteiger partial charge in [-0.1, -0.05) is 44.2 Å². The first kappa shape index (κ1) is 18.8. The minimum atomic E-state index is -1.72. The molecule has 4 N–H and O–H groups in total. The molecule has 1 fully saturated rings. The lowest BCUT2D eigenvalue weighted by Gasteiger charge is -2.40. The molecule has 0 aromatic heterocycles. The Kier molecular flexibility index (Phi) is 6.31. The Balaban J connectivity index is 2.11. The van der Waals surface area contributed by atoms with Gasteiger partial charge in [0.05, 0.1) is 6.10 Å². The summed E-state index contributed by atoms with van der Waals surface area (Å²) in [6.07, 6.45) is -7.71. The van der Waals surface area contributed by atoms with E-state index in [1.165, 1.54) is 0 Å². The maximum absolute atomic E-state index is 11.1. The van der Waals surface area contributed by atoms with E-state index in [-0.39, 0.29) is 12.0 Å². The number of hydrogen-bond donors (Lipinski definition) is 4. The predicted molar refractivity (Wildman–Crippen MR) is 84.2 cm³/mol. The highest BCUT2D eigenvalue weighted by Crippen LogP contribution is 2.26. The Morgan fingerprint density at radius 1 is 1.12 bits per heavy atom. The second-order valence-electron chi connectivity index (χ2n) is 6.34. The monoisotopic (exact) mass is 340 g/mol. The molecule has 1 aromatic carbocycles. The van der Waals surface area contributed by atoms with Gasteiger partial charge in [0.2, 0.25) is 0 Å². The van der Waals surface area contributed by atoms with Gasteiger partial charge in [-0.2, -0.15) is 0 Å². The maximum atomic E-state index is 11.1. The molecule has 0 amide bonds. The Hall–Kier alpha value is -1.51. The summed E-state index contributed by atoms with van der Waals surface area (Å²) >= 11 is 0. The number of aliphatic hydroxyl groups is 3. The van der Waals surface area contributed by atoms with Gasteiger partial charge in [0.1, 0.15) is 18.3 Å². The van der Waals surface area contributed by atoms with Crippen LogP contribution in [0.2, 0.25) is 0 Å². The highest BCUT2D eigenvalue weighted by molar-refractivity contribution is 5.73. The van der Waals surface area contributed by atoms with Crippen molar-refractivity contribution < 1.29 is 34.7 Å². The average Bonchev–Trinajstić information content (AvgIpc) is 2.55. The van der Waals surface area contributed by atoms with Crippen LogP contribution >= 0.6 is 0 Å². The molecule has 0 spiro atoms. The zero-order valence-electron chi connectivity index (χ0n) is 13.6. The maximum Gasteiger partial charge on any atom is 0.335 e. The van der Waals surface area contributed by atoms with Crippen LogP contribution in [0.1, 0.15) is 19.4 Å². The van der Waals surface area contributed by atoms with Gasteiger partial charge in [0, 0.05) is 0 Å². The van der Waals surface area contributed by atoms with Crippen LogP contribution in [0.4, 0.5) is 0 Å². The van der Waals surface area contributed by atoms with Gasteiger partial charge in [0.15, 0.2) is 12.4 Å². The van der Waals surface area contributed by atoms with Crippen molar-refractivity contribution in [3.63, 3.8) is 0 Å². The lowest BCUT2D eigenvalue weighted by atomic mass is 9.97. The SMILES string of the molecule is CC(C)C(Cc1ccccc1)OC1OC(C(=O)O)C(O)C(O)C1O. The van der Waals surface area contributed by atoms with Crippen molar-refractivity contribution in [1.82, 2.24) is 0 Å². The van der Waals surface area contributed by atoms with Crippen molar-refractivity contribution in [2.75, 3.05) is 0 Å². The van der Waals surface area contributed by atoms with E-state index in [2.05, 4.69) is 0 Å². The Bertz CT molecular complexity index is 533. The Morgan fingerprint density at radius 3 is 2.29 bits per heavy atom. The first-order chi connectivity index (χ1) is 11.3. The third kappa shape index (κ3) is 4.31. The van der Waals surface area contributed by atoms with E-state index < -0.39 is 36.7 Å². The number of aliphatic carboxylic acids is 1. The van der Waals surface area contributed by atoms with Crippen molar-refractivity contribution in [2.24, 2.45) is 5.92 Å². The quantitative estimate of drug-likeness (QED) is 0.583. The van der Waals surface area contributed by atoms with E-state index >= 15 is 0 Å². The standard InChI is InChI=1S/C17H24O7/c1-9(2)11(8-10-6-4-3-5-7-10)23-17-14(20)12(18)13(19)15(24-17)16(21)22/h3-7,9,11-15,17-20H,8H2,1-2H3,(H,21,22). The zero-order valence-corrected chi connectivity index (χ0v) is 13.6. The van der Waals surface area contributed by atoms with Gasteiger partial charge >= 0.3 is 5.97 Å². The van der Waals surface area contributed by atoms with E-state index in [4.69, 9.17) is 14.6 Å². The summed E-state index contributed by atoms with van der Waals surface area (Å²) in [5.74, 6) is -1.36. The summed E-state index contributed by atoms with van der Waals surface area (Å²) in [5.41, 5.74) is 1.02. The van der Waals surface area contributed by atoms with Crippen LogP contribution < -0.4 is 0 Å². The second-order valence-corrected chi connectivity index (χ2v) is 6.34. The molecule has 0 saturated carbocycles. The fourth-order valence-electron chi connectivity index (χ4n) is 2.62. The largest absolute Gasteiger partial charge is 0.479 e. The molecule has 2 rings (SSSR count). The molecular weight excluding hydrogens is 316 g/mol. The van der Waals surface area contributed by atoms with Crippen LogP contribution in [0.15, 0.2) is 30.3 Å². The van der Waals surface area contributed by atoms with Crippen molar-refractivity contribution >= 4 is 5.97 Å². The van der Waals surface area contributed by atoms with Gasteiger partial charge in [-0.3, -0.25) is 0 Å². The van der Waals surface area contributed by atoms with E-state index in [0.717, 1.165) is 5.56 Å². The average molecular weight is 340 g/mol. The lowest BCUT2D eigenvalue weighted by Crippen LogP contribution is -2.61. The second kappa shape index (κ2) is 8.04. The molecule has 1 heterocycles. The number of rotatable bonds is 6. The first-order valence-electron chi connectivity index (χ1n) is 7.93. The van der Waals surface area contributed by atoms with Crippen LogP contribution in [-0.2, 0) is 20.7 Å². The first-order valence-corrected chi connectivity index (χ1v) is 7.93. The van der Waals surface area contributed by atoms with Gasteiger partial charge in [-0.15, -0.1) is 0 Å². The van der Waals surface area contributed by atoms with Crippen molar-refractivity contribution in [3.05, 3.63) is 35.9 Å². The number of hydrogen-bond acceptors (Lipinski definition) is 6. The molecule has 1 saturated heterocycles. The van der Waals surface area contributed by atoms with E-state index in [1.807, 2.05) is 44.2 Å². The normalized spacial score (nSPS) is 31.8. The smallest absolute Gasteiger partial charge is 0.335 e. The summed E-state index contributed by atoms with van der Waals surface area (Å²) < 4.78 is 10.9. The minimum absolute atomic E-state index is 0.0632. The molecule has 1 aliphatic rings. The number of benzene rings is 1. The third-order valence-corrected chi connectivity index (χ3v) is 4.15. The molecule has 7 nitrogen and oxygen atoms in total. The third-order valence-electron chi connectivity index (χ3n) is 4.15. The van der Waals surface area contributed by atoms with Crippen LogP contribution in [0.25, 0.3) is 0 Å². The highest BCUT2D eigenvalue weighted by atomic mass is 16.7. The molecule has 1 aromatic rings.